The van der Waals surface area contributed by atoms with Crippen molar-refractivity contribution in [3.63, 3.8) is 0 Å². The number of aliphatic hydroxyl groups is 2. The van der Waals surface area contributed by atoms with Crippen molar-refractivity contribution in [1.82, 2.24) is 0 Å². The quantitative estimate of drug-likeness (QED) is 0.565. The molecule has 6 atom stereocenters. The van der Waals surface area contributed by atoms with Gasteiger partial charge in [-0.25, -0.2) is 0 Å². The van der Waals surface area contributed by atoms with Gasteiger partial charge in [-0.15, -0.1) is 0 Å². The number of hydrogen-bond donors (Lipinski definition) is 2. The second-order valence-electron chi connectivity index (χ2n) is 4.97. The van der Waals surface area contributed by atoms with E-state index in [9.17, 15) is 10.2 Å². The van der Waals surface area contributed by atoms with E-state index in [0.29, 0.717) is 0 Å². The van der Waals surface area contributed by atoms with Crippen LogP contribution >= 0.6 is 0 Å². The van der Waals surface area contributed by atoms with Crippen LogP contribution in [0, 0.1) is 5.92 Å². The zero-order valence-corrected chi connectivity index (χ0v) is 8.79. The normalized spacial score (nSPS) is 56.0. The van der Waals surface area contributed by atoms with Gasteiger partial charge in [0.1, 0.15) is 18.3 Å². The summed E-state index contributed by atoms with van der Waals surface area (Å²) in [6, 6.07) is 0. The predicted molar refractivity (Wildman–Crippen MR) is 49.1 cm³/mol. The highest BCUT2D eigenvalue weighted by Crippen LogP contribution is 2.48. The Labute approximate surface area is 87.9 Å². The molecule has 2 saturated heterocycles. The van der Waals surface area contributed by atoms with E-state index in [4.69, 9.17) is 14.2 Å². The van der Waals surface area contributed by atoms with Gasteiger partial charge in [-0.3, -0.25) is 0 Å². The second-order valence-corrected chi connectivity index (χ2v) is 4.97. The molecule has 15 heavy (non-hydrogen) atoms. The van der Waals surface area contributed by atoms with Gasteiger partial charge in [-0.2, -0.15) is 0 Å². The fourth-order valence-electron chi connectivity index (χ4n) is 2.75. The van der Waals surface area contributed by atoms with E-state index in [1.54, 1.807) is 0 Å². The highest BCUT2D eigenvalue weighted by atomic mass is 16.8. The fraction of sp³-hybridized carbons (Fsp3) is 1.00. The van der Waals surface area contributed by atoms with E-state index >= 15 is 0 Å². The summed E-state index contributed by atoms with van der Waals surface area (Å²) in [5.41, 5.74) is 0. The van der Waals surface area contributed by atoms with Gasteiger partial charge in [0.15, 0.2) is 5.79 Å². The molecule has 3 aliphatic rings. The Morgan fingerprint density at radius 2 is 1.73 bits per heavy atom. The summed E-state index contributed by atoms with van der Waals surface area (Å²) < 4.78 is 16.7. The molecule has 3 rings (SSSR count). The van der Waals surface area contributed by atoms with Crippen LogP contribution in [0.15, 0.2) is 0 Å². The zero-order valence-electron chi connectivity index (χ0n) is 8.79. The Hall–Kier alpha value is -0.200. The lowest BCUT2D eigenvalue weighted by molar-refractivity contribution is -0.158. The number of rotatable bonds is 1. The van der Waals surface area contributed by atoms with Gasteiger partial charge in [0.05, 0.1) is 18.8 Å². The molecule has 0 amide bonds. The molecule has 0 bridgehead atoms. The lowest BCUT2D eigenvalue weighted by atomic mass is 9.83. The summed E-state index contributed by atoms with van der Waals surface area (Å²) in [6.07, 6.45) is -1.51. The van der Waals surface area contributed by atoms with Crippen LogP contribution < -0.4 is 0 Å². The average Bonchev–Trinajstić information content (AvgIpc) is 2.85. The van der Waals surface area contributed by atoms with Gasteiger partial charge in [0.25, 0.3) is 0 Å². The number of ether oxygens (including phenoxy) is 3. The van der Waals surface area contributed by atoms with E-state index in [-0.39, 0.29) is 36.9 Å². The average molecular weight is 216 g/mol. The Morgan fingerprint density at radius 1 is 1.07 bits per heavy atom. The van der Waals surface area contributed by atoms with E-state index < -0.39 is 11.9 Å². The highest BCUT2D eigenvalue weighted by molar-refractivity contribution is 5.10. The number of fused-ring (bicyclic) bond motifs is 2. The first-order valence-corrected chi connectivity index (χ1v) is 5.33. The SMILES string of the molecule is CC1(C)O[C@@H]2[C@@H](CO)[C@H]3O[C@H]3[C@@H](O)[C@@H]2O1. The molecule has 86 valence electrons. The molecule has 0 aromatic rings. The predicted octanol–water partition coefficient (Wildman–Crippen LogP) is -0.743. The van der Waals surface area contributed by atoms with Crippen LogP contribution in [0.2, 0.25) is 0 Å². The fourth-order valence-corrected chi connectivity index (χ4v) is 2.75. The summed E-state index contributed by atoms with van der Waals surface area (Å²) in [7, 11) is 0. The minimum atomic E-state index is -0.680. The summed E-state index contributed by atoms with van der Waals surface area (Å²) >= 11 is 0. The first-order chi connectivity index (χ1) is 7.03. The molecule has 2 N–H and O–H groups in total. The third kappa shape index (κ3) is 1.34. The maximum absolute atomic E-state index is 9.92. The van der Waals surface area contributed by atoms with Crippen LogP contribution in [-0.4, -0.2) is 53.1 Å². The summed E-state index contributed by atoms with van der Waals surface area (Å²) in [6.45, 7) is 3.65. The lowest BCUT2D eigenvalue weighted by Crippen LogP contribution is -2.50. The van der Waals surface area contributed by atoms with Crippen molar-refractivity contribution in [3.05, 3.63) is 0 Å². The molecule has 1 saturated carbocycles. The molecule has 0 spiro atoms. The molecule has 0 radical (unpaired) electrons. The first-order valence-electron chi connectivity index (χ1n) is 5.33. The summed E-state index contributed by atoms with van der Waals surface area (Å²) in [5.74, 6) is -0.759. The Morgan fingerprint density at radius 3 is 2.40 bits per heavy atom. The van der Waals surface area contributed by atoms with Gasteiger partial charge >= 0.3 is 0 Å². The standard InChI is InChI=1S/C10H16O5/c1-10(2)14-7-4(3-11)6-8(13-6)5(12)9(7)15-10/h4-9,11-12H,3H2,1-2H3/t4-,5+,6+,7+,8-,9-/m0/s1. The molecule has 1 aliphatic carbocycles. The molecule has 0 aromatic heterocycles. The Bertz CT molecular complexity index is 279. The van der Waals surface area contributed by atoms with Crippen molar-refractivity contribution in [2.24, 2.45) is 5.92 Å². The van der Waals surface area contributed by atoms with Crippen molar-refractivity contribution in [2.45, 2.75) is 50.2 Å². The maximum atomic E-state index is 9.92. The number of hydrogen-bond acceptors (Lipinski definition) is 5. The van der Waals surface area contributed by atoms with Crippen LogP contribution in [0.1, 0.15) is 13.8 Å². The third-order valence-electron chi connectivity index (χ3n) is 3.45. The van der Waals surface area contributed by atoms with E-state index in [2.05, 4.69) is 0 Å². The van der Waals surface area contributed by atoms with E-state index in [1.165, 1.54) is 0 Å². The van der Waals surface area contributed by atoms with Crippen molar-refractivity contribution in [1.29, 1.82) is 0 Å². The molecule has 5 nitrogen and oxygen atoms in total. The summed E-state index contributed by atoms with van der Waals surface area (Å²) in [5, 5.41) is 19.2. The molecule has 2 aliphatic heterocycles. The highest BCUT2D eigenvalue weighted by Gasteiger charge is 2.65. The van der Waals surface area contributed by atoms with Crippen LogP contribution in [0.4, 0.5) is 0 Å². The molecule has 5 heteroatoms. The van der Waals surface area contributed by atoms with E-state index in [1.807, 2.05) is 13.8 Å². The van der Waals surface area contributed by atoms with Crippen molar-refractivity contribution in [3.8, 4) is 0 Å². The van der Waals surface area contributed by atoms with Crippen molar-refractivity contribution < 1.29 is 24.4 Å². The molecule has 3 fully saturated rings. The molecule has 0 unspecified atom stereocenters. The lowest BCUT2D eigenvalue weighted by Gasteiger charge is -2.30. The zero-order chi connectivity index (χ0) is 10.8. The van der Waals surface area contributed by atoms with Crippen LogP contribution in [0.25, 0.3) is 0 Å². The second kappa shape index (κ2) is 2.93. The Kier molecular flexibility index (Phi) is 1.95. The van der Waals surface area contributed by atoms with Crippen molar-refractivity contribution in [2.75, 3.05) is 6.61 Å². The van der Waals surface area contributed by atoms with Gasteiger partial charge in [-0.05, 0) is 13.8 Å². The monoisotopic (exact) mass is 216 g/mol. The summed E-state index contributed by atoms with van der Waals surface area (Å²) in [4.78, 5) is 0. The van der Waals surface area contributed by atoms with Gasteiger partial charge in [0, 0.05) is 5.92 Å². The van der Waals surface area contributed by atoms with Crippen LogP contribution in [0.3, 0.4) is 0 Å². The largest absolute Gasteiger partial charge is 0.396 e. The van der Waals surface area contributed by atoms with Crippen LogP contribution in [0.5, 0.6) is 0 Å². The maximum Gasteiger partial charge on any atom is 0.163 e. The topological polar surface area (TPSA) is 71.5 Å². The van der Waals surface area contributed by atoms with Gasteiger partial charge in [-0.1, -0.05) is 0 Å². The molecule has 0 aromatic carbocycles. The smallest absolute Gasteiger partial charge is 0.163 e. The van der Waals surface area contributed by atoms with Gasteiger partial charge < -0.3 is 24.4 Å². The minimum absolute atomic E-state index is 0.00843. The molecule has 2 heterocycles. The van der Waals surface area contributed by atoms with Crippen molar-refractivity contribution >= 4 is 0 Å². The minimum Gasteiger partial charge on any atom is -0.396 e. The van der Waals surface area contributed by atoms with Crippen LogP contribution in [-0.2, 0) is 14.2 Å². The molecular formula is C10H16O5. The van der Waals surface area contributed by atoms with E-state index in [0.717, 1.165) is 0 Å². The first kappa shape index (κ1) is 9.99. The number of epoxide rings is 1. The molecular weight excluding hydrogens is 200 g/mol. The van der Waals surface area contributed by atoms with Gasteiger partial charge in [0.2, 0.25) is 0 Å². The Balaban J connectivity index is 1.86. The number of aliphatic hydroxyl groups excluding tert-OH is 2. The third-order valence-corrected chi connectivity index (χ3v) is 3.45.